The lowest BCUT2D eigenvalue weighted by atomic mass is 10.3. The van der Waals surface area contributed by atoms with E-state index in [1.807, 2.05) is 0 Å². The van der Waals surface area contributed by atoms with Gasteiger partial charge in [0.2, 0.25) is 17.7 Å². The molecular weight excluding hydrogens is 216 g/mol. The Morgan fingerprint density at radius 1 is 1.25 bits per heavy atom. The lowest BCUT2D eigenvalue weighted by Crippen LogP contribution is -2.35. The minimum Gasteiger partial charge on any atom is -0.480 e. The van der Waals surface area contributed by atoms with Crippen molar-refractivity contribution in [2.45, 2.75) is 19.3 Å². The van der Waals surface area contributed by atoms with Gasteiger partial charge in [-0.25, -0.2) is 0 Å². The average molecular weight is 228 g/mol. The molecule has 88 valence electrons. The second-order valence-electron chi connectivity index (χ2n) is 3.36. The quantitative estimate of drug-likeness (QED) is 0.571. The zero-order valence-electron chi connectivity index (χ0n) is 8.56. The topological polar surface area (TPSA) is 104 Å². The van der Waals surface area contributed by atoms with Gasteiger partial charge in [-0.1, -0.05) is 0 Å². The van der Waals surface area contributed by atoms with Crippen molar-refractivity contribution in [1.29, 1.82) is 0 Å². The standard InChI is InChI=1S/C9H12N2O5/c12-6(10-5-9(15)16)3-4-11-7(13)1-2-8(11)14/h1-5H2,(H,10,12)(H,15,16). The Labute approximate surface area is 91.4 Å². The number of hydrogen-bond donors (Lipinski definition) is 2. The van der Waals surface area contributed by atoms with E-state index in [1.165, 1.54) is 0 Å². The molecule has 0 atom stereocenters. The minimum atomic E-state index is -1.14. The number of nitrogens with one attached hydrogen (secondary N) is 1. The van der Waals surface area contributed by atoms with Crippen LogP contribution in [0.25, 0.3) is 0 Å². The van der Waals surface area contributed by atoms with Gasteiger partial charge in [0.25, 0.3) is 0 Å². The van der Waals surface area contributed by atoms with Crippen molar-refractivity contribution in [3.05, 3.63) is 0 Å². The lowest BCUT2D eigenvalue weighted by Gasteiger charge is -2.12. The Kier molecular flexibility index (Phi) is 3.98. The number of aliphatic carboxylic acids is 1. The highest BCUT2D eigenvalue weighted by atomic mass is 16.4. The van der Waals surface area contributed by atoms with Gasteiger partial charge in [-0.05, 0) is 0 Å². The SMILES string of the molecule is O=C(O)CNC(=O)CCN1C(=O)CCC1=O. The van der Waals surface area contributed by atoms with Crippen LogP contribution in [0.2, 0.25) is 0 Å². The minimum absolute atomic E-state index is 0.0170. The van der Waals surface area contributed by atoms with Gasteiger partial charge < -0.3 is 10.4 Å². The Balaban J connectivity index is 2.28. The molecule has 1 fully saturated rings. The lowest BCUT2D eigenvalue weighted by molar-refractivity contribution is -0.140. The number of carbonyl (C=O) groups excluding carboxylic acids is 3. The van der Waals surface area contributed by atoms with Crippen molar-refractivity contribution in [2.75, 3.05) is 13.1 Å². The Morgan fingerprint density at radius 3 is 2.31 bits per heavy atom. The number of carbonyl (C=O) groups is 4. The largest absolute Gasteiger partial charge is 0.480 e. The molecule has 0 aliphatic carbocycles. The van der Waals surface area contributed by atoms with E-state index in [-0.39, 0.29) is 37.6 Å². The van der Waals surface area contributed by atoms with Gasteiger partial charge in [0, 0.05) is 25.8 Å². The highest BCUT2D eigenvalue weighted by Gasteiger charge is 2.28. The summed E-state index contributed by atoms with van der Waals surface area (Å²) in [5.74, 6) is -2.19. The maximum Gasteiger partial charge on any atom is 0.322 e. The van der Waals surface area contributed by atoms with Gasteiger partial charge in [0.1, 0.15) is 6.54 Å². The van der Waals surface area contributed by atoms with E-state index in [9.17, 15) is 19.2 Å². The fourth-order valence-electron chi connectivity index (χ4n) is 1.35. The van der Waals surface area contributed by atoms with Gasteiger partial charge in [-0.3, -0.25) is 24.1 Å². The number of carboxylic acid groups (broad SMARTS) is 1. The van der Waals surface area contributed by atoms with Crippen molar-refractivity contribution < 1.29 is 24.3 Å². The molecule has 0 aromatic heterocycles. The molecule has 3 amide bonds. The first kappa shape index (κ1) is 12.2. The van der Waals surface area contributed by atoms with Crippen LogP contribution in [0.4, 0.5) is 0 Å². The molecule has 16 heavy (non-hydrogen) atoms. The van der Waals surface area contributed by atoms with Crippen molar-refractivity contribution >= 4 is 23.7 Å². The third-order valence-corrected chi connectivity index (χ3v) is 2.15. The summed E-state index contributed by atoms with van der Waals surface area (Å²) in [6.07, 6.45) is 0.315. The maximum absolute atomic E-state index is 11.1. The predicted molar refractivity (Wildman–Crippen MR) is 51.2 cm³/mol. The van der Waals surface area contributed by atoms with Gasteiger partial charge in [-0.15, -0.1) is 0 Å². The van der Waals surface area contributed by atoms with Gasteiger partial charge in [0.05, 0.1) is 0 Å². The summed E-state index contributed by atoms with van der Waals surface area (Å²) >= 11 is 0. The van der Waals surface area contributed by atoms with E-state index in [1.54, 1.807) is 0 Å². The maximum atomic E-state index is 11.1. The van der Waals surface area contributed by atoms with Crippen LogP contribution in [0.5, 0.6) is 0 Å². The number of nitrogens with zero attached hydrogens (tertiary/aromatic N) is 1. The molecular formula is C9H12N2O5. The van der Waals surface area contributed by atoms with E-state index >= 15 is 0 Å². The van der Waals surface area contributed by atoms with E-state index in [0.29, 0.717) is 0 Å². The molecule has 1 heterocycles. The molecule has 1 aliphatic heterocycles. The number of amides is 3. The van der Waals surface area contributed by atoms with Crippen LogP contribution in [0, 0.1) is 0 Å². The monoisotopic (exact) mass is 228 g/mol. The molecule has 1 saturated heterocycles. The van der Waals surface area contributed by atoms with Crippen LogP contribution in [0.1, 0.15) is 19.3 Å². The van der Waals surface area contributed by atoms with Crippen LogP contribution >= 0.6 is 0 Å². The molecule has 0 saturated carbocycles. The number of hydrogen-bond acceptors (Lipinski definition) is 4. The van der Waals surface area contributed by atoms with E-state index in [0.717, 1.165) is 4.90 Å². The zero-order chi connectivity index (χ0) is 12.1. The Hall–Kier alpha value is -1.92. The molecule has 0 aromatic carbocycles. The predicted octanol–water partition coefficient (Wildman–Crippen LogP) is -1.27. The first-order chi connectivity index (χ1) is 7.50. The fourth-order valence-corrected chi connectivity index (χ4v) is 1.35. The summed E-state index contributed by atoms with van der Waals surface area (Å²) in [6, 6.07) is 0. The first-order valence-corrected chi connectivity index (χ1v) is 4.82. The summed E-state index contributed by atoms with van der Waals surface area (Å²) in [7, 11) is 0. The molecule has 1 aliphatic rings. The van der Waals surface area contributed by atoms with Crippen LogP contribution in [0.15, 0.2) is 0 Å². The fraction of sp³-hybridized carbons (Fsp3) is 0.556. The second-order valence-corrected chi connectivity index (χ2v) is 3.36. The first-order valence-electron chi connectivity index (χ1n) is 4.82. The average Bonchev–Trinajstić information content (AvgIpc) is 2.53. The summed E-state index contributed by atoms with van der Waals surface area (Å²) in [5.41, 5.74) is 0. The molecule has 0 bridgehead atoms. The van der Waals surface area contributed by atoms with E-state index in [2.05, 4.69) is 5.32 Å². The Morgan fingerprint density at radius 2 is 1.81 bits per heavy atom. The van der Waals surface area contributed by atoms with Crippen molar-refractivity contribution in [1.82, 2.24) is 10.2 Å². The van der Waals surface area contributed by atoms with Gasteiger partial charge >= 0.3 is 5.97 Å². The molecule has 0 radical (unpaired) electrons. The second kappa shape index (κ2) is 5.24. The molecule has 0 unspecified atom stereocenters. The molecule has 0 aromatic rings. The number of carboxylic acids is 1. The number of imide groups is 1. The molecule has 7 nitrogen and oxygen atoms in total. The zero-order valence-corrected chi connectivity index (χ0v) is 8.56. The van der Waals surface area contributed by atoms with Gasteiger partial charge in [-0.2, -0.15) is 0 Å². The van der Waals surface area contributed by atoms with Crippen molar-refractivity contribution in [2.24, 2.45) is 0 Å². The van der Waals surface area contributed by atoms with Gasteiger partial charge in [0.15, 0.2) is 0 Å². The molecule has 2 N–H and O–H groups in total. The van der Waals surface area contributed by atoms with Crippen LogP contribution < -0.4 is 5.32 Å². The van der Waals surface area contributed by atoms with Crippen LogP contribution in [0.3, 0.4) is 0 Å². The van der Waals surface area contributed by atoms with Crippen LogP contribution in [-0.2, 0) is 19.2 Å². The number of rotatable bonds is 5. The number of likely N-dealkylation sites (tertiary alicyclic amines) is 1. The smallest absolute Gasteiger partial charge is 0.322 e. The molecule has 7 heteroatoms. The molecule has 0 spiro atoms. The van der Waals surface area contributed by atoms with Crippen molar-refractivity contribution in [3.8, 4) is 0 Å². The normalized spacial score (nSPS) is 15.4. The summed E-state index contributed by atoms with van der Waals surface area (Å²) in [4.78, 5) is 44.5. The Bertz CT molecular complexity index is 323. The van der Waals surface area contributed by atoms with E-state index < -0.39 is 18.4 Å². The highest BCUT2D eigenvalue weighted by molar-refractivity contribution is 6.02. The summed E-state index contributed by atoms with van der Waals surface area (Å²) in [5, 5.41) is 10.4. The molecule has 1 rings (SSSR count). The summed E-state index contributed by atoms with van der Waals surface area (Å²) < 4.78 is 0. The van der Waals surface area contributed by atoms with Crippen LogP contribution in [-0.4, -0.2) is 46.8 Å². The third-order valence-electron chi connectivity index (χ3n) is 2.15. The summed E-state index contributed by atoms with van der Waals surface area (Å²) in [6.45, 7) is -0.441. The van der Waals surface area contributed by atoms with Crippen molar-refractivity contribution in [3.63, 3.8) is 0 Å². The highest BCUT2D eigenvalue weighted by Crippen LogP contribution is 2.11. The van der Waals surface area contributed by atoms with E-state index in [4.69, 9.17) is 5.11 Å². The third kappa shape index (κ3) is 3.34.